The molecule has 5 heteroatoms. The quantitative estimate of drug-likeness (QED) is 0.743. The molecule has 116 valence electrons. The molecule has 3 N–H and O–H groups in total. The van der Waals surface area contributed by atoms with Gasteiger partial charge in [0.1, 0.15) is 0 Å². The van der Waals surface area contributed by atoms with E-state index >= 15 is 0 Å². The average Bonchev–Trinajstić information content (AvgIpc) is 2.94. The second-order valence-corrected chi connectivity index (χ2v) is 5.50. The van der Waals surface area contributed by atoms with Crippen LogP contribution >= 0.6 is 0 Å². The minimum atomic E-state index is -0.283. The highest BCUT2D eigenvalue weighted by atomic mass is 16.5. The summed E-state index contributed by atoms with van der Waals surface area (Å²) in [4.78, 5) is 12.0. The van der Waals surface area contributed by atoms with Gasteiger partial charge >= 0.3 is 6.03 Å². The zero-order valence-electron chi connectivity index (χ0n) is 12.4. The summed E-state index contributed by atoms with van der Waals surface area (Å²) in [6, 6.07) is 9.36. The Bertz CT molecular complexity index is 438. The van der Waals surface area contributed by atoms with Crippen molar-refractivity contribution in [3.63, 3.8) is 0 Å². The van der Waals surface area contributed by atoms with Gasteiger partial charge in [-0.25, -0.2) is 4.79 Å². The van der Waals surface area contributed by atoms with E-state index in [1.807, 2.05) is 30.3 Å². The van der Waals surface area contributed by atoms with Crippen LogP contribution in [0.25, 0.3) is 0 Å². The number of carbonyl (C=O) groups is 1. The van der Waals surface area contributed by atoms with E-state index in [0.717, 1.165) is 24.8 Å². The van der Waals surface area contributed by atoms with Gasteiger partial charge in [-0.05, 0) is 31.2 Å². The molecule has 21 heavy (non-hydrogen) atoms. The molecule has 0 spiro atoms. The van der Waals surface area contributed by atoms with Gasteiger partial charge in [0.25, 0.3) is 0 Å². The third-order valence-corrected chi connectivity index (χ3v) is 3.95. The molecule has 0 aliphatic heterocycles. The number of rotatable bonds is 6. The third-order valence-electron chi connectivity index (χ3n) is 3.95. The number of benzene rings is 1. The second-order valence-electron chi connectivity index (χ2n) is 5.50. The van der Waals surface area contributed by atoms with Gasteiger partial charge in [0.15, 0.2) is 0 Å². The Morgan fingerprint density at radius 1 is 1.38 bits per heavy atom. The summed E-state index contributed by atoms with van der Waals surface area (Å²) in [7, 11) is 1.68. The number of amides is 2. The van der Waals surface area contributed by atoms with Gasteiger partial charge in [-0.1, -0.05) is 30.3 Å². The largest absolute Gasteiger partial charge is 0.394 e. The van der Waals surface area contributed by atoms with Crippen molar-refractivity contribution in [2.75, 3.05) is 13.7 Å². The van der Waals surface area contributed by atoms with E-state index in [-0.39, 0.29) is 30.8 Å². The Labute approximate surface area is 125 Å². The van der Waals surface area contributed by atoms with Crippen molar-refractivity contribution in [1.29, 1.82) is 0 Å². The molecule has 1 saturated carbocycles. The van der Waals surface area contributed by atoms with Crippen LogP contribution in [0.15, 0.2) is 30.3 Å². The summed E-state index contributed by atoms with van der Waals surface area (Å²) in [6.45, 7) is -0.0827. The number of methoxy groups -OCH3 is 1. The topological polar surface area (TPSA) is 70.6 Å². The summed E-state index contributed by atoms with van der Waals surface area (Å²) in [5.74, 6) is 0. The molecule has 1 aromatic rings. The predicted molar refractivity (Wildman–Crippen MR) is 81.1 cm³/mol. The van der Waals surface area contributed by atoms with Crippen molar-refractivity contribution >= 4 is 6.03 Å². The Kier molecular flexibility index (Phi) is 6.02. The van der Waals surface area contributed by atoms with Gasteiger partial charge in [-0.15, -0.1) is 0 Å². The molecular weight excluding hydrogens is 268 g/mol. The molecule has 0 saturated heterocycles. The van der Waals surface area contributed by atoms with Crippen LogP contribution in [-0.2, 0) is 11.2 Å². The molecule has 3 atom stereocenters. The molecule has 2 rings (SSSR count). The van der Waals surface area contributed by atoms with Crippen molar-refractivity contribution in [3.05, 3.63) is 35.9 Å². The molecule has 0 heterocycles. The lowest BCUT2D eigenvalue weighted by atomic mass is 10.1. The van der Waals surface area contributed by atoms with Gasteiger partial charge in [0.2, 0.25) is 0 Å². The van der Waals surface area contributed by atoms with Crippen LogP contribution in [0.5, 0.6) is 0 Å². The van der Waals surface area contributed by atoms with Gasteiger partial charge in [0.05, 0.1) is 24.8 Å². The number of ether oxygens (including phenoxy) is 1. The van der Waals surface area contributed by atoms with Crippen LogP contribution in [-0.4, -0.2) is 43.0 Å². The minimum absolute atomic E-state index is 0.0612. The standard InChI is InChI=1S/C16H24N2O3/c1-21-15-9-5-8-14(15)18-16(20)17-13(11-19)10-12-6-3-2-4-7-12/h2-4,6-7,13-15,19H,5,8-11H2,1H3,(H2,17,18,20)/t13-,14-,15+/m0/s1. The second kappa shape index (κ2) is 8.00. The summed E-state index contributed by atoms with van der Waals surface area (Å²) in [5.41, 5.74) is 1.09. The van der Waals surface area contributed by atoms with Crippen LogP contribution in [0.3, 0.4) is 0 Å². The molecule has 0 unspecified atom stereocenters. The maximum Gasteiger partial charge on any atom is 0.315 e. The van der Waals surface area contributed by atoms with E-state index in [0.29, 0.717) is 6.42 Å². The van der Waals surface area contributed by atoms with Crippen LogP contribution in [0, 0.1) is 0 Å². The average molecular weight is 292 g/mol. The highest BCUT2D eigenvalue weighted by Crippen LogP contribution is 2.21. The van der Waals surface area contributed by atoms with Crippen molar-refractivity contribution in [1.82, 2.24) is 10.6 Å². The first-order valence-electron chi connectivity index (χ1n) is 7.47. The summed E-state index contributed by atoms with van der Waals surface area (Å²) >= 11 is 0. The number of aliphatic hydroxyl groups is 1. The number of nitrogens with one attached hydrogen (secondary N) is 2. The molecule has 1 aliphatic carbocycles. The van der Waals surface area contributed by atoms with Crippen LogP contribution in [0.2, 0.25) is 0 Å². The molecule has 5 nitrogen and oxygen atoms in total. The van der Waals surface area contributed by atoms with Gasteiger partial charge in [-0.2, -0.15) is 0 Å². The smallest absolute Gasteiger partial charge is 0.315 e. The van der Waals surface area contributed by atoms with Crippen molar-refractivity contribution in [3.8, 4) is 0 Å². The molecule has 1 fully saturated rings. The highest BCUT2D eigenvalue weighted by molar-refractivity contribution is 5.74. The maximum absolute atomic E-state index is 12.0. The predicted octanol–water partition coefficient (Wildman–Crippen LogP) is 1.46. The highest BCUT2D eigenvalue weighted by Gasteiger charge is 2.28. The molecular formula is C16H24N2O3. The molecule has 0 radical (unpaired) electrons. The fourth-order valence-corrected chi connectivity index (χ4v) is 2.83. The van der Waals surface area contributed by atoms with Crippen molar-refractivity contribution < 1.29 is 14.6 Å². The fourth-order valence-electron chi connectivity index (χ4n) is 2.83. The molecule has 0 aromatic heterocycles. The van der Waals surface area contributed by atoms with Gasteiger partial charge in [0, 0.05) is 7.11 Å². The Morgan fingerprint density at radius 3 is 2.81 bits per heavy atom. The fraction of sp³-hybridized carbons (Fsp3) is 0.562. The van der Waals surface area contributed by atoms with E-state index in [2.05, 4.69) is 10.6 Å². The normalized spacial score (nSPS) is 22.8. The lowest BCUT2D eigenvalue weighted by Gasteiger charge is -2.22. The first kappa shape index (κ1) is 15.8. The van der Waals surface area contributed by atoms with E-state index in [9.17, 15) is 9.90 Å². The zero-order chi connectivity index (χ0) is 15.1. The summed E-state index contributed by atoms with van der Waals surface area (Å²) in [6.07, 6.45) is 3.70. The summed E-state index contributed by atoms with van der Waals surface area (Å²) in [5, 5.41) is 15.2. The van der Waals surface area contributed by atoms with E-state index in [1.54, 1.807) is 7.11 Å². The van der Waals surface area contributed by atoms with Crippen LogP contribution in [0.4, 0.5) is 4.79 Å². The monoisotopic (exact) mass is 292 g/mol. The number of carbonyl (C=O) groups excluding carboxylic acids is 1. The minimum Gasteiger partial charge on any atom is -0.394 e. The lowest BCUT2D eigenvalue weighted by molar-refractivity contribution is 0.0871. The molecule has 1 aliphatic rings. The lowest BCUT2D eigenvalue weighted by Crippen LogP contribution is -2.50. The SMILES string of the molecule is CO[C@@H]1CCC[C@@H]1NC(=O)N[C@H](CO)Cc1ccccc1. The first-order valence-corrected chi connectivity index (χ1v) is 7.47. The summed E-state index contributed by atoms with van der Waals surface area (Å²) < 4.78 is 5.36. The van der Waals surface area contributed by atoms with E-state index in [1.165, 1.54) is 0 Å². The van der Waals surface area contributed by atoms with Crippen LogP contribution in [0.1, 0.15) is 24.8 Å². The van der Waals surface area contributed by atoms with Crippen molar-refractivity contribution in [2.45, 2.75) is 43.9 Å². The first-order chi connectivity index (χ1) is 10.2. The van der Waals surface area contributed by atoms with E-state index in [4.69, 9.17) is 4.74 Å². The Hall–Kier alpha value is -1.59. The number of aliphatic hydroxyl groups excluding tert-OH is 1. The number of hydrogen-bond donors (Lipinski definition) is 3. The molecule has 0 bridgehead atoms. The number of urea groups is 1. The van der Waals surface area contributed by atoms with Gasteiger partial charge < -0.3 is 20.5 Å². The Morgan fingerprint density at radius 2 is 2.14 bits per heavy atom. The third kappa shape index (κ3) is 4.72. The van der Waals surface area contributed by atoms with Crippen molar-refractivity contribution in [2.24, 2.45) is 0 Å². The number of hydrogen-bond acceptors (Lipinski definition) is 3. The van der Waals surface area contributed by atoms with Crippen LogP contribution < -0.4 is 10.6 Å². The molecule has 1 aromatic carbocycles. The Balaban J connectivity index is 1.82. The zero-order valence-corrected chi connectivity index (χ0v) is 12.4. The maximum atomic E-state index is 12.0. The van der Waals surface area contributed by atoms with E-state index < -0.39 is 0 Å². The molecule has 2 amide bonds. The van der Waals surface area contributed by atoms with Gasteiger partial charge in [-0.3, -0.25) is 0 Å².